The first-order valence-electron chi connectivity index (χ1n) is 13.8. The van der Waals surface area contributed by atoms with Crippen LogP contribution >= 0.6 is 0 Å². The second-order valence-corrected chi connectivity index (χ2v) is 13.9. The maximum absolute atomic E-state index is 12.5. The molecule has 4 saturated carbocycles. The number of nitrogens with zero attached hydrogens (tertiary/aromatic N) is 1. The Morgan fingerprint density at radius 1 is 0.879 bits per heavy atom. The van der Waals surface area contributed by atoms with Crippen LogP contribution < -0.4 is 0 Å². The van der Waals surface area contributed by atoms with Crippen LogP contribution in [0, 0.1) is 46.8 Å². The molecule has 6 heteroatoms. The van der Waals surface area contributed by atoms with Crippen LogP contribution in [0.2, 0.25) is 0 Å². The van der Waals surface area contributed by atoms with Gasteiger partial charge in [-0.25, -0.2) is 0 Å². The van der Waals surface area contributed by atoms with Gasteiger partial charge in [-0.3, -0.25) is 4.90 Å². The highest BCUT2D eigenvalue weighted by atomic mass is 16.5. The van der Waals surface area contributed by atoms with E-state index in [-0.39, 0.29) is 53.4 Å². The van der Waals surface area contributed by atoms with Gasteiger partial charge >= 0.3 is 0 Å². The van der Waals surface area contributed by atoms with E-state index < -0.39 is 17.3 Å². The molecule has 3 aliphatic heterocycles. The molecule has 0 spiro atoms. The van der Waals surface area contributed by atoms with Gasteiger partial charge < -0.3 is 25.2 Å². The van der Waals surface area contributed by atoms with Crippen LogP contribution in [-0.4, -0.2) is 80.1 Å². The molecule has 4 N–H and O–H groups in total. The molecule has 186 valence electrons. The lowest BCUT2D eigenvalue weighted by Gasteiger charge is -2.62. The number of piperidine rings is 2. The summed E-state index contributed by atoms with van der Waals surface area (Å²) >= 11 is 0. The minimum Gasteiger partial charge on any atom is -0.393 e. The van der Waals surface area contributed by atoms with Crippen LogP contribution in [0.15, 0.2) is 0 Å². The van der Waals surface area contributed by atoms with Crippen molar-refractivity contribution in [1.29, 1.82) is 0 Å². The Balaban J connectivity index is 1.28. The largest absolute Gasteiger partial charge is 0.393 e. The van der Waals surface area contributed by atoms with Crippen LogP contribution in [0.1, 0.15) is 65.7 Å². The summed E-state index contributed by atoms with van der Waals surface area (Å²) in [6.45, 7) is 8.55. The molecule has 0 amide bonds. The van der Waals surface area contributed by atoms with Gasteiger partial charge in [0.1, 0.15) is 0 Å². The molecule has 3 heterocycles. The van der Waals surface area contributed by atoms with Crippen molar-refractivity contribution in [2.24, 2.45) is 46.8 Å². The molecular weight excluding hydrogens is 418 g/mol. The van der Waals surface area contributed by atoms with Crippen molar-refractivity contribution in [1.82, 2.24) is 4.90 Å². The highest BCUT2D eigenvalue weighted by molar-refractivity contribution is 5.23. The molecule has 0 radical (unpaired) electrons. The molecule has 6 nitrogen and oxygen atoms in total. The predicted octanol–water partition coefficient (Wildman–Crippen LogP) is 1.78. The Morgan fingerprint density at radius 2 is 1.67 bits per heavy atom. The van der Waals surface area contributed by atoms with Gasteiger partial charge in [0.15, 0.2) is 0 Å². The molecule has 15 unspecified atom stereocenters. The van der Waals surface area contributed by atoms with Gasteiger partial charge in [-0.2, -0.15) is 0 Å². The average molecular weight is 462 g/mol. The first-order valence-corrected chi connectivity index (χ1v) is 13.8. The van der Waals surface area contributed by atoms with Crippen molar-refractivity contribution in [3.05, 3.63) is 0 Å². The topological polar surface area (TPSA) is 93.4 Å². The molecule has 4 aliphatic carbocycles. The minimum atomic E-state index is -0.948. The van der Waals surface area contributed by atoms with Gasteiger partial charge in [0.25, 0.3) is 0 Å². The van der Waals surface area contributed by atoms with Crippen LogP contribution in [0.4, 0.5) is 0 Å². The molecule has 7 fully saturated rings. The molecule has 2 bridgehead atoms. The Hall–Kier alpha value is -0.240. The Kier molecular flexibility index (Phi) is 4.49. The summed E-state index contributed by atoms with van der Waals surface area (Å²) in [5.41, 5.74) is -1.80. The average Bonchev–Trinajstić information content (AvgIpc) is 3.28. The standard InChI is InChI=1S/C27H43NO5/c1-13-4-5-21-26(3,31)22-14(12-28(21)11-13)15-8-16-23(27(15,32)10-19(22)30)20-9-17-24(33-20)18(29)6-7-25(16,17)2/h13-24,29-32H,4-12H2,1-3H3. The normalized spacial score (nSPS) is 66.3. The highest BCUT2D eigenvalue weighted by Crippen LogP contribution is 2.71. The summed E-state index contributed by atoms with van der Waals surface area (Å²) in [5, 5.41) is 46.5. The van der Waals surface area contributed by atoms with Gasteiger partial charge in [-0.1, -0.05) is 13.8 Å². The first-order chi connectivity index (χ1) is 15.6. The molecular formula is C27H43NO5. The predicted molar refractivity (Wildman–Crippen MR) is 122 cm³/mol. The summed E-state index contributed by atoms with van der Waals surface area (Å²) in [7, 11) is 0. The summed E-state index contributed by atoms with van der Waals surface area (Å²) in [6, 6.07) is 0.108. The van der Waals surface area contributed by atoms with E-state index in [1.165, 1.54) is 0 Å². The van der Waals surface area contributed by atoms with E-state index in [0.29, 0.717) is 24.2 Å². The molecule has 3 saturated heterocycles. The lowest BCUT2D eigenvalue weighted by molar-refractivity contribution is -0.243. The smallest absolute Gasteiger partial charge is 0.0872 e. The number of fused-ring (bicyclic) bond motifs is 9. The van der Waals surface area contributed by atoms with Crippen LogP contribution in [-0.2, 0) is 4.74 Å². The van der Waals surface area contributed by atoms with Gasteiger partial charge in [0.05, 0.1) is 35.6 Å². The first kappa shape index (κ1) is 22.0. The quantitative estimate of drug-likeness (QED) is 0.440. The number of aliphatic hydroxyl groups is 4. The molecule has 7 aliphatic rings. The van der Waals surface area contributed by atoms with E-state index >= 15 is 0 Å². The van der Waals surface area contributed by atoms with E-state index in [9.17, 15) is 20.4 Å². The number of ether oxygens (including phenoxy) is 1. The second kappa shape index (κ2) is 6.74. The lowest BCUT2D eigenvalue weighted by Crippen LogP contribution is -2.72. The molecule has 0 aromatic carbocycles. The zero-order chi connectivity index (χ0) is 23.1. The maximum Gasteiger partial charge on any atom is 0.0872 e. The minimum absolute atomic E-state index is 0.0172. The van der Waals surface area contributed by atoms with Crippen molar-refractivity contribution in [2.75, 3.05) is 13.1 Å². The van der Waals surface area contributed by atoms with Crippen molar-refractivity contribution < 1.29 is 25.2 Å². The highest BCUT2D eigenvalue weighted by Gasteiger charge is 2.74. The van der Waals surface area contributed by atoms with E-state index in [1.54, 1.807) is 0 Å². The van der Waals surface area contributed by atoms with Crippen LogP contribution in [0.5, 0.6) is 0 Å². The number of hydrogen-bond donors (Lipinski definition) is 4. The van der Waals surface area contributed by atoms with E-state index in [0.717, 1.165) is 51.6 Å². The number of rotatable bonds is 0. The van der Waals surface area contributed by atoms with E-state index in [4.69, 9.17) is 4.74 Å². The Labute approximate surface area is 197 Å². The van der Waals surface area contributed by atoms with Crippen LogP contribution in [0.25, 0.3) is 0 Å². The molecule has 0 aromatic rings. The fraction of sp³-hybridized carbons (Fsp3) is 1.00. The van der Waals surface area contributed by atoms with Crippen molar-refractivity contribution >= 4 is 0 Å². The Bertz CT molecular complexity index is 833. The molecule has 7 rings (SSSR count). The third kappa shape index (κ3) is 2.61. The monoisotopic (exact) mass is 461 g/mol. The second-order valence-electron chi connectivity index (χ2n) is 13.9. The third-order valence-corrected chi connectivity index (χ3v) is 12.5. The van der Waals surface area contributed by atoms with Crippen LogP contribution in [0.3, 0.4) is 0 Å². The van der Waals surface area contributed by atoms with Gasteiger partial charge in [-0.15, -0.1) is 0 Å². The van der Waals surface area contributed by atoms with Gasteiger partial charge in [-0.05, 0) is 80.5 Å². The molecule has 15 atom stereocenters. The van der Waals surface area contributed by atoms with Gasteiger partial charge in [0, 0.05) is 37.4 Å². The fourth-order valence-electron chi connectivity index (χ4n) is 11.2. The van der Waals surface area contributed by atoms with E-state index in [1.807, 2.05) is 6.92 Å². The summed E-state index contributed by atoms with van der Waals surface area (Å²) in [5.74, 6) is 1.41. The lowest BCUT2D eigenvalue weighted by atomic mass is 9.51. The van der Waals surface area contributed by atoms with Crippen molar-refractivity contribution in [2.45, 2.75) is 107 Å². The van der Waals surface area contributed by atoms with E-state index in [2.05, 4.69) is 18.7 Å². The van der Waals surface area contributed by atoms with Gasteiger partial charge in [0.2, 0.25) is 0 Å². The third-order valence-electron chi connectivity index (χ3n) is 12.5. The fourth-order valence-corrected chi connectivity index (χ4v) is 11.2. The molecule has 33 heavy (non-hydrogen) atoms. The zero-order valence-electron chi connectivity index (χ0n) is 20.4. The Morgan fingerprint density at radius 3 is 2.45 bits per heavy atom. The van der Waals surface area contributed by atoms with Crippen molar-refractivity contribution in [3.63, 3.8) is 0 Å². The zero-order valence-corrected chi connectivity index (χ0v) is 20.4. The van der Waals surface area contributed by atoms with Crippen molar-refractivity contribution in [3.8, 4) is 0 Å². The summed E-state index contributed by atoms with van der Waals surface area (Å²) < 4.78 is 6.52. The molecule has 0 aromatic heterocycles. The SMILES string of the molecule is CC1CCC2N(C1)CC1C(C(O)CC3(O)C1CC1C3C3CC4C(O3)C(O)CCC41C)C2(C)O. The number of hydrogen-bond acceptors (Lipinski definition) is 6. The summed E-state index contributed by atoms with van der Waals surface area (Å²) in [4.78, 5) is 2.49. The summed E-state index contributed by atoms with van der Waals surface area (Å²) in [6.07, 6.45) is 4.98. The maximum atomic E-state index is 12.5. The number of aliphatic hydroxyl groups excluding tert-OH is 2.